The van der Waals surface area contributed by atoms with Crippen LogP contribution in [0.1, 0.15) is 59.2 Å². The smallest absolute Gasteiger partial charge is 0.241 e. The molecule has 1 aromatic carbocycles. The summed E-state index contributed by atoms with van der Waals surface area (Å²) in [6.45, 7) is 5.93. The number of aryl methyl sites for hydroxylation is 2. The maximum atomic E-state index is 12.9. The van der Waals surface area contributed by atoms with Crippen LogP contribution in [0.25, 0.3) is 0 Å². The van der Waals surface area contributed by atoms with Gasteiger partial charge in [-0.1, -0.05) is 18.6 Å². The number of rotatable bonds is 5. The predicted molar refractivity (Wildman–Crippen MR) is 107 cm³/mol. The van der Waals surface area contributed by atoms with Crippen molar-refractivity contribution in [1.29, 1.82) is 0 Å². The summed E-state index contributed by atoms with van der Waals surface area (Å²) in [6.07, 6.45) is 5.83. The number of carbonyl (C=O) groups is 1. The van der Waals surface area contributed by atoms with Crippen molar-refractivity contribution < 1.29 is 4.79 Å². The number of piperidine rings is 1. The first-order valence-corrected chi connectivity index (χ1v) is 10.5. The Balaban J connectivity index is 1.42. The number of benzene rings is 1. The third-order valence-corrected chi connectivity index (χ3v) is 6.55. The van der Waals surface area contributed by atoms with E-state index in [4.69, 9.17) is 0 Å². The monoisotopic (exact) mass is 369 g/mol. The summed E-state index contributed by atoms with van der Waals surface area (Å²) in [6, 6.07) is 8.38. The number of hydrogen-bond donors (Lipinski definition) is 1. The van der Waals surface area contributed by atoms with Crippen molar-refractivity contribution in [3.8, 4) is 0 Å². The third kappa shape index (κ3) is 3.99. The number of hydrogen-bond acceptors (Lipinski definition) is 4. The summed E-state index contributed by atoms with van der Waals surface area (Å²) in [5.74, 6) is 0.877. The predicted octanol–water partition coefficient (Wildman–Crippen LogP) is 4.63. The van der Waals surface area contributed by atoms with Gasteiger partial charge in [-0.2, -0.15) is 0 Å². The Hall–Kier alpha value is -1.72. The Labute approximate surface area is 159 Å². The molecule has 2 fully saturated rings. The zero-order valence-electron chi connectivity index (χ0n) is 15.6. The Kier molecular flexibility index (Phi) is 5.09. The first-order chi connectivity index (χ1) is 12.6. The number of anilines is 1. The lowest BCUT2D eigenvalue weighted by Crippen LogP contribution is -2.46. The van der Waals surface area contributed by atoms with Crippen LogP contribution in [0.3, 0.4) is 0 Å². The highest BCUT2D eigenvalue weighted by Crippen LogP contribution is 2.40. The molecule has 0 bridgehead atoms. The Bertz CT molecular complexity index is 779. The quantitative estimate of drug-likeness (QED) is 0.836. The molecule has 1 saturated heterocycles. The molecule has 1 atom stereocenters. The van der Waals surface area contributed by atoms with Gasteiger partial charge in [0.25, 0.3) is 0 Å². The fraction of sp³-hybridized carbons (Fsp3) is 0.524. The number of thiazole rings is 1. The highest BCUT2D eigenvalue weighted by molar-refractivity contribution is 7.11. The molecule has 1 aromatic heterocycles. The van der Waals surface area contributed by atoms with Gasteiger partial charge in [0.05, 0.1) is 16.7 Å². The van der Waals surface area contributed by atoms with E-state index in [0.717, 1.165) is 54.7 Å². The molecule has 1 saturated carbocycles. The number of likely N-dealkylation sites (tertiary alicyclic amines) is 1. The lowest BCUT2D eigenvalue weighted by molar-refractivity contribution is -0.122. The SMILES string of the molecule is Cc1nc(C)c(CN2CCCC[C@@H]2C(=O)Nc2ccc(C3CC3)cc2)s1. The first-order valence-electron chi connectivity index (χ1n) is 9.68. The van der Waals surface area contributed by atoms with E-state index in [0.29, 0.717) is 0 Å². The highest BCUT2D eigenvalue weighted by Gasteiger charge is 2.30. The number of amides is 1. The van der Waals surface area contributed by atoms with Crippen molar-refractivity contribution in [1.82, 2.24) is 9.88 Å². The normalized spacial score (nSPS) is 20.9. The molecular weight excluding hydrogens is 342 g/mol. The van der Waals surface area contributed by atoms with E-state index in [1.54, 1.807) is 11.3 Å². The Morgan fingerprint density at radius 2 is 1.96 bits per heavy atom. The molecule has 138 valence electrons. The van der Waals surface area contributed by atoms with E-state index in [-0.39, 0.29) is 11.9 Å². The molecule has 2 heterocycles. The van der Waals surface area contributed by atoms with Crippen molar-refractivity contribution in [2.45, 2.75) is 64.5 Å². The van der Waals surface area contributed by atoms with Crippen LogP contribution in [0.2, 0.25) is 0 Å². The average Bonchev–Trinajstić information content (AvgIpc) is 3.42. The van der Waals surface area contributed by atoms with Crippen LogP contribution >= 0.6 is 11.3 Å². The zero-order valence-corrected chi connectivity index (χ0v) is 16.4. The highest BCUT2D eigenvalue weighted by atomic mass is 32.1. The van der Waals surface area contributed by atoms with Crippen LogP contribution in [-0.2, 0) is 11.3 Å². The molecule has 1 aliphatic carbocycles. The van der Waals surface area contributed by atoms with E-state index in [1.807, 2.05) is 6.92 Å². The Morgan fingerprint density at radius 1 is 1.19 bits per heavy atom. The molecule has 2 aliphatic rings. The summed E-state index contributed by atoms with van der Waals surface area (Å²) < 4.78 is 0. The molecule has 4 nitrogen and oxygen atoms in total. The van der Waals surface area contributed by atoms with Gasteiger partial charge in [-0.05, 0) is 69.7 Å². The van der Waals surface area contributed by atoms with Gasteiger partial charge in [-0.3, -0.25) is 9.69 Å². The number of nitrogens with one attached hydrogen (secondary N) is 1. The van der Waals surface area contributed by atoms with E-state index >= 15 is 0 Å². The second-order valence-corrected chi connectivity index (χ2v) is 8.90. The van der Waals surface area contributed by atoms with Gasteiger partial charge in [0, 0.05) is 17.1 Å². The average molecular weight is 370 g/mol. The zero-order chi connectivity index (χ0) is 18.1. The largest absolute Gasteiger partial charge is 0.325 e. The minimum Gasteiger partial charge on any atom is -0.325 e. The minimum absolute atomic E-state index is 0.0475. The molecule has 0 unspecified atom stereocenters. The lowest BCUT2D eigenvalue weighted by Gasteiger charge is -2.34. The van der Waals surface area contributed by atoms with Gasteiger partial charge >= 0.3 is 0 Å². The van der Waals surface area contributed by atoms with Gasteiger partial charge in [-0.15, -0.1) is 11.3 Å². The van der Waals surface area contributed by atoms with Gasteiger partial charge in [0.2, 0.25) is 5.91 Å². The fourth-order valence-corrected chi connectivity index (χ4v) is 4.83. The van der Waals surface area contributed by atoms with Crippen molar-refractivity contribution >= 4 is 22.9 Å². The third-order valence-electron chi connectivity index (χ3n) is 5.49. The van der Waals surface area contributed by atoms with Gasteiger partial charge in [0.15, 0.2) is 0 Å². The molecule has 4 rings (SSSR count). The second-order valence-electron chi connectivity index (χ2n) is 7.61. The van der Waals surface area contributed by atoms with Crippen molar-refractivity contribution in [3.63, 3.8) is 0 Å². The second kappa shape index (κ2) is 7.49. The fourth-order valence-electron chi connectivity index (χ4n) is 3.86. The maximum absolute atomic E-state index is 12.9. The molecular formula is C21H27N3OS. The number of carbonyl (C=O) groups excluding carboxylic acids is 1. The molecule has 26 heavy (non-hydrogen) atoms. The first kappa shape index (κ1) is 17.7. The summed E-state index contributed by atoms with van der Waals surface area (Å²) in [4.78, 5) is 21.1. The summed E-state index contributed by atoms with van der Waals surface area (Å²) in [5.41, 5.74) is 3.42. The van der Waals surface area contributed by atoms with Crippen molar-refractivity contribution in [2.24, 2.45) is 0 Å². The summed E-state index contributed by atoms with van der Waals surface area (Å²) >= 11 is 1.75. The van der Waals surface area contributed by atoms with Crippen LogP contribution in [0.4, 0.5) is 5.69 Å². The molecule has 1 N–H and O–H groups in total. The molecule has 1 aliphatic heterocycles. The van der Waals surface area contributed by atoms with E-state index in [9.17, 15) is 4.79 Å². The van der Waals surface area contributed by atoms with E-state index < -0.39 is 0 Å². The minimum atomic E-state index is -0.0475. The van der Waals surface area contributed by atoms with Gasteiger partial charge in [-0.25, -0.2) is 4.98 Å². The summed E-state index contributed by atoms with van der Waals surface area (Å²) in [5, 5.41) is 4.24. The Morgan fingerprint density at radius 3 is 2.62 bits per heavy atom. The molecule has 1 amide bonds. The molecule has 5 heteroatoms. The van der Waals surface area contributed by atoms with Crippen LogP contribution < -0.4 is 5.32 Å². The van der Waals surface area contributed by atoms with E-state index in [2.05, 4.69) is 46.4 Å². The van der Waals surface area contributed by atoms with Crippen molar-refractivity contribution in [3.05, 3.63) is 45.4 Å². The number of nitrogens with zero attached hydrogens (tertiary/aromatic N) is 2. The number of aromatic nitrogens is 1. The lowest BCUT2D eigenvalue weighted by atomic mass is 10.0. The van der Waals surface area contributed by atoms with Gasteiger partial charge in [0.1, 0.15) is 0 Å². The summed E-state index contributed by atoms with van der Waals surface area (Å²) in [7, 11) is 0. The topological polar surface area (TPSA) is 45.2 Å². The maximum Gasteiger partial charge on any atom is 0.241 e. The van der Waals surface area contributed by atoms with Gasteiger partial charge < -0.3 is 5.32 Å². The van der Waals surface area contributed by atoms with Crippen molar-refractivity contribution in [2.75, 3.05) is 11.9 Å². The molecule has 0 spiro atoms. The van der Waals surface area contributed by atoms with Crippen LogP contribution in [0.15, 0.2) is 24.3 Å². The van der Waals surface area contributed by atoms with Crippen LogP contribution in [0, 0.1) is 13.8 Å². The standard InChI is InChI=1S/C21H27N3OS/c1-14-20(26-15(2)22-14)13-24-12-4-3-5-19(24)21(25)23-18-10-8-17(9-11-18)16-6-7-16/h8-11,16,19H,3-7,12-13H2,1-2H3,(H,23,25)/t19-/m1/s1. The van der Waals surface area contributed by atoms with E-state index in [1.165, 1.54) is 23.3 Å². The van der Waals surface area contributed by atoms with Crippen LogP contribution in [0.5, 0.6) is 0 Å². The molecule has 0 radical (unpaired) electrons. The molecule has 2 aromatic rings. The van der Waals surface area contributed by atoms with Crippen LogP contribution in [-0.4, -0.2) is 28.4 Å².